The summed E-state index contributed by atoms with van der Waals surface area (Å²) in [5.41, 5.74) is 1.74. The number of anilines is 1. The number of amides is 2. The van der Waals surface area contributed by atoms with E-state index in [0.29, 0.717) is 17.4 Å². The number of ether oxygens (including phenoxy) is 2. The van der Waals surface area contributed by atoms with Gasteiger partial charge >= 0.3 is 12.1 Å². The Hall–Kier alpha value is -3.40. The zero-order valence-corrected chi connectivity index (χ0v) is 20.8. The zero-order valence-electron chi connectivity index (χ0n) is 20.0. The molecule has 2 heterocycles. The number of carbonyl (C=O) groups is 3. The van der Waals surface area contributed by atoms with Gasteiger partial charge in [0, 0.05) is 35.9 Å². The van der Waals surface area contributed by atoms with Crippen LogP contribution in [0.25, 0.3) is 10.9 Å². The fourth-order valence-electron chi connectivity index (χ4n) is 3.47. The van der Waals surface area contributed by atoms with E-state index in [1.165, 1.54) is 11.3 Å². The predicted octanol–water partition coefficient (Wildman–Crippen LogP) is 3.81. The minimum Gasteiger partial charge on any atom is -0.466 e. The number of alkyl carbamates (subject to hydrolysis) is 1. The summed E-state index contributed by atoms with van der Waals surface area (Å²) < 4.78 is 12.3. The Kier molecular flexibility index (Phi) is 7.93. The summed E-state index contributed by atoms with van der Waals surface area (Å²) in [5.74, 6) is -0.818. The first-order valence-corrected chi connectivity index (χ1v) is 11.9. The van der Waals surface area contributed by atoms with Crippen LogP contribution in [-0.2, 0) is 39.0 Å². The fraction of sp³-hybridized carbons (Fsp3) is 0.417. The first-order valence-electron chi connectivity index (χ1n) is 11.0. The van der Waals surface area contributed by atoms with Crippen molar-refractivity contribution in [3.8, 4) is 0 Å². The predicted molar refractivity (Wildman–Crippen MR) is 131 cm³/mol. The van der Waals surface area contributed by atoms with Crippen LogP contribution in [0.15, 0.2) is 35.8 Å². The molecule has 2 N–H and O–H groups in total. The third-order valence-electron chi connectivity index (χ3n) is 4.82. The molecule has 0 aliphatic heterocycles. The average molecular weight is 487 g/mol. The topological polar surface area (TPSA) is 112 Å². The highest BCUT2D eigenvalue weighted by Gasteiger charge is 2.26. The van der Waals surface area contributed by atoms with Crippen molar-refractivity contribution < 1.29 is 23.9 Å². The van der Waals surface area contributed by atoms with Crippen molar-refractivity contribution >= 4 is 45.3 Å². The minimum absolute atomic E-state index is 0.0236. The molecule has 2 amide bonds. The number of rotatable bonds is 8. The first kappa shape index (κ1) is 25.2. The lowest BCUT2D eigenvalue weighted by atomic mass is 10.0. The number of hydrogen-bond acceptors (Lipinski definition) is 7. The van der Waals surface area contributed by atoms with Crippen LogP contribution in [0.4, 0.5) is 9.93 Å². The van der Waals surface area contributed by atoms with Crippen molar-refractivity contribution in [2.24, 2.45) is 7.05 Å². The Bertz CT molecular complexity index is 1180. The summed E-state index contributed by atoms with van der Waals surface area (Å²) in [6.45, 7) is 7.30. The van der Waals surface area contributed by atoms with E-state index >= 15 is 0 Å². The zero-order chi connectivity index (χ0) is 24.9. The summed E-state index contributed by atoms with van der Waals surface area (Å²) in [6.07, 6.45) is 1.54. The normalized spacial score (nSPS) is 12.3. The first-order chi connectivity index (χ1) is 16.1. The molecule has 0 radical (unpaired) electrons. The van der Waals surface area contributed by atoms with Crippen LogP contribution >= 0.6 is 11.3 Å². The molecule has 0 saturated heterocycles. The van der Waals surface area contributed by atoms with Gasteiger partial charge in [0.1, 0.15) is 11.6 Å². The Morgan fingerprint density at radius 1 is 1.21 bits per heavy atom. The van der Waals surface area contributed by atoms with E-state index in [2.05, 4.69) is 15.6 Å². The monoisotopic (exact) mass is 486 g/mol. The molecule has 1 atom stereocenters. The van der Waals surface area contributed by atoms with Gasteiger partial charge < -0.3 is 24.7 Å². The van der Waals surface area contributed by atoms with E-state index in [4.69, 9.17) is 9.47 Å². The van der Waals surface area contributed by atoms with Crippen molar-refractivity contribution in [3.05, 3.63) is 47.1 Å². The third kappa shape index (κ3) is 6.80. The molecule has 9 nitrogen and oxygen atoms in total. The number of aromatic nitrogens is 2. The molecule has 0 unspecified atom stereocenters. The van der Waals surface area contributed by atoms with Gasteiger partial charge in [-0.1, -0.05) is 18.2 Å². The quantitative estimate of drug-likeness (QED) is 0.468. The molecule has 1 aromatic carbocycles. The van der Waals surface area contributed by atoms with Gasteiger partial charge in [0.2, 0.25) is 5.91 Å². The lowest BCUT2D eigenvalue weighted by Crippen LogP contribution is -2.47. The van der Waals surface area contributed by atoms with Gasteiger partial charge in [-0.05, 0) is 39.3 Å². The Labute approximate surface area is 202 Å². The minimum atomic E-state index is -0.905. The van der Waals surface area contributed by atoms with E-state index in [0.717, 1.165) is 16.5 Å². The van der Waals surface area contributed by atoms with Crippen LogP contribution in [0, 0.1) is 0 Å². The van der Waals surface area contributed by atoms with Crippen LogP contribution in [-0.4, -0.2) is 45.8 Å². The largest absolute Gasteiger partial charge is 0.466 e. The maximum absolute atomic E-state index is 13.2. The number of nitrogens with one attached hydrogen (secondary N) is 2. The van der Waals surface area contributed by atoms with Crippen LogP contribution in [0.1, 0.15) is 39.0 Å². The second-order valence-corrected chi connectivity index (χ2v) is 9.66. The smallest absolute Gasteiger partial charge is 0.408 e. The van der Waals surface area contributed by atoms with E-state index < -0.39 is 23.6 Å². The second-order valence-electron chi connectivity index (χ2n) is 8.80. The highest BCUT2D eigenvalue weighted by molar-refractivity contribution is 7.13. The van der Waals surface area contributed by atoms with Gasteiger partial charge in [-0.15, -0.1) is 11.3 Å². The summed E-state index contributed by atoms with van der Waals surface area (Å²) in [4.78, 5) is 41.7. The van der Waals surface area contributed by atoms with Gasteiger partial charge in [-0.25, -0.2) is 9.78 Å². The Morgan fingerprint density at radius 2 is 1.94 bits per heavy atom. The van der Waals surface area contributed by atoms with Crippen molar-refractivity contribution in [1.29, 1.82) is 0 Å². The Balaban J connectivity index is 1.78. The van der Waals surface area contributed by atoms with Crippen LogP contribution in [0.5, 0.6) is 0 Å². The number of aryl methyl sites for hydroxylation is 1. The maximum Gasteiger partial charge on any atom is 0.408 e. The lowest BCUT2D eigenvalue weighted by Gasteiger charge is -2.23. The van der Waals surface area contributed by atoms with E-state index in [1.54, 1.807) is 33.1 Å². The SMILES string of the molecule is CCOC(=O)Cc1csc(NC(=O)[C@@H](Cc2cn(C)c3ccccc23)NC(=O)OC(C)(C)C)n1. The van der Waals surface area contributed by atoms with Crippen LogP contribution in [0.2, 0.25) is 0 Å². The number of esters is 1. The number of thiazole rings is 1. The molecule has 0 bridgehead atoms. The summed E-state index contributed by atoms with van der Waals surface area (Å²) in [5, 5.41) is 8.46. The van der Waals surface area contributed by atoms with Crippen molar-refractivity contribution in [2.45, 2.75) is 52.2 Å². The number of benzene rings is 1. The van der Waals surface area contributed by atoms with E-state index in [-0.39, 0.29) is 18.8 Å². The number of fused-ring (bicyclic) bond motifs is 1. The van der Waals surface area contributed by atoms with Crippen molar-refractivity contribution in [2.75, 3.05) is 11.9 Å². The molecule has 182 valence electrons. The third-order valence-corrected chi connectivity index (χ3v) is 5.63. The van der Waals surface area contributed by atoms with E-state index in [9.17, 15) is 14.4 Å². The summed E-state index contributed by atoms with van der Waals surface area (Å²) >= 11 is 1.20. The molecule has 2 aromatic heterocycles. The molecular formula is C24H30N4O5S. The number of para-hydroxylation sites is 1. The van der Waals surface area contributed by atoms with Crippen molar-refractivity contribution in [1.82, 2.24) is 14.9 Å². The lowest BCUT2D eigenvalue weighted by molar-refractivity contribution is -0.142. The molecule has 34 heavy (non-hydrogen) atoms. The Morgan fingerprint density at radius 3 is 2.65 bits per heavy atom. The van der Waals surface area contributed by atoms with Gasteiger partial charge in [0.05, 0.1) is 18.7 Å². The highest BCUT2D eigenvalue weighted by atomic mass is 32.1. The molecule has 0 aliphatic carbocycles. The van der Waals surface area contributed by atoms with Gasteiger partial charge in [0.25, 0.3) is 0 Å². The van der Waals surface area contributed by atoms with Gasteiger partial charge in [0.15, 0.2) is 5.13 Å². The number of hydrogen-bond donors (Lipinski definition) is 2. The summed E-state index contributed by atoms with van der Waals surface area (Å²) in [7, 11) is 1.93. The summed E-state index contributed by atoms with van der Waals surface area (Å²) in [6, 6.07) is 6.96. The molecule has 0 spiro atoms. The molecule has 10 heteroatoms. The second kappa shape index (κ2) is 10.7. The molecule has 3 aromatic rings. The van der Waals surface area contributed by atoms with Crippen LogP contribution < -0.4 is 10.6 Å². The number of nitrogens with zero attached hydrogens (tertiary/aromatic N) is 2. The maximum atomic E-state index is 13.2. The van der Waals surface area contributed by atoms with Crippen molar-refractivity contribution in [3.63, 3.8) is 0 Å². The van der Waals surface area contributed by atoms with Gasteiger partial charge in [-0.3, -0.25) is 9.59 Å². The van der Waals surface area contributed by atoms with E-state index in [1.807, 2.05) is 42.1 Å². The molecule has 0 saturated carbocycles. The number of carbonyl (C=O) groups excluding carboxylic acids is 3. The van der Waals surface area contributed by atoms with Gasteiger partial charge in [-0.2, -0.15) is 0 Å². The molecule has 0 fully saturated rings. The van der Waals surface area contributed by atoms with Crippen LogP contribution in [0.3, 0.4) is 0 Å². The highest BCUT2D eigenvalue weighted by Crippen LogP contribution is 2.23. The fourth-order valence-corrected chi connectivity index (χ4v) is 4.18. The standard InChI is InChI=1S/C24H30N4O5S/c1-6-32-20(29)12-16-14-34-22(25-16)27-21(30)18(26-23(31)33-24(2,3)4)11-15-13-28(5)19-10-8-7-9-17(15)19/h7-10,13-14,18H,6,11-12H2,1-5H3,(H,26,31)(H,25,27,30)/t18-/m1/s1. The molecule has 3 rings (SSSR count). The molecular weight excluding hydrogens is 456 g/mol. The molecule has 0 aliphatic rings. The average Bonchev–Trinajstić information content (AvgIpc) is 3.30.